The van der Waals surface area contributed by atoms with Crippen LogP contribution in [-0.4, -0.2) is 9.97 Å². The standard InChI is InChI=1S/C18H18IN3/c1-2-3-4-13-5-8-15(9-6-13)22-18-16-11-14(19)7-10-17(16)20-12-21-18/h5-12H,2-4H2,1H3,(H,20,21,22). The fraction of sp³-hybridized carbons (Fsp3) is 0.222. The second-order valence-electron chi connectivity index (χ2n) is 5.31. The first kappa shape index (κ1) is 15.2. The van der Waals surface area contributed by atoms with Crippen LogP contribution in [0.4, 0.5) is 11.5 Å². The third kappa shape index (κ3) is 3.55. The Balaban J connectivity index is 1.85. The quantitative estimate of drug-likeness (QED) is 0.586. The van der Waals surface area contributed by atoms with Gasteiger partial charge in [-0.05, 0) is 71.3 Å². The van der Waals surface area contributed by atoms with E-state index in [0.29, 0.717) is 0 Å². The number of halogens is 1. The number of nitrogens with zero attached hydrogens (tertiary/aromatic N) is 2. The van der Waals surface area contributed by atoms with Crippen molar-refractivity contribution in [1.29, 1.82) is 0 Å². The number of unbranched alkanes of at least 4 members (excludes halogenated alkanes) is 1. The first-order chi connectivity index (χ1) is 10.8. The lowest BCUT2D eigenvalue weighted by atomic mass is 10.1. The van der Waals surface area contributed by atoms with Crippen LogP contribution in [0, 0.1) is 3.57 Å². The summed E-state index contributed by atoms with van der Waals surface area (Å²) in [6.45, 7) is 2.22. The van der Waals surface area contributed by atoms with Crippen molar-refractivity contribution in [2.75, 3.05) is 5.32 Å². The van der Waals surface area contributed by atoms with Crippen molar-refractivity contribution < 1.29 is 0 Å². The highest BCUT2D eigenvalue weighted by molar-refractivity contribution is 14.1. The molecule has 0 saturated heterocycles. The van der Waals surface area contributed by atoms with Crippen LogP contribution < -0.4 is 5.32 Å². The molecule has 1 heterocycles. The van der Waals surface area contributed by atoms with Crippen molar-refractivity contribution >= 4 is 45.0 Å². The molecule has 0 bridgehead atoms. The zero-order valence-electron chi connectivity index (χ0n) is 12.5. The van der Waals surface area contributed by atoms with Gasteiger partial charge < -0.3 is 5.32 Å². The Labute approximate surface area is 144 Å². The van der Waals surface area contributed by atoms with Crippen molar-refractivity contribution in [2.24, 2.45) is 0 Å². The minimum atomic E-state index is 0.852. The summed E-state index contributed by atoms with van der Waals surface area (Å²) in [6.07, 6.45) is 5.21. The zero-order valence-corrected chi connectivity index (χ0v) is 14.7. The van der Waals surface area contributed by atoms with E-state index in [-0.39, 0.29) is 0 Å². The lowest BCUT2D eigenvalue weighted by Gasteiger charge is -2.09. The van der Waals surface area contributed by atoms with Gasteiger partial charge in [-0.15, -0.1) is 0 Å². The molecule has 0 aliphatic heterocycles. The average Bonchev–Trinajstić information content (AvgIpc) is 2.55. The molecular formula is C18H18IN3. The molecule has 0 aliphatic rings. The summed E-state index contributed by atoms with van der Waals surface area (Å²) >= 11 is 2.31. The van der Waals surface area contributed by atoms with Gasteiger partial charge in [0.15, 0.2) is 0 Å². The third-order valence-corrected chi connectivity index (χ3v) is 4.30. The fourth-order valence-electron chi connectivity index (χ4n) is 2.40. The van der Waals surface area contributed by atoms with Crippen LogP contribution in [0.5, 0.6) is 0 Å². The van der Waals surface area contributed by atoms with Gasteiger partial charge in [-0.2, -0.15) is 0 Å². The predicted octanol–water partition coefficient (Wildman–Crippen LogP) is 5.32. The molecule has 4 heteroatoms. The summed E-state index contributed by atoms with van der Waals surface area (Å²) in [5.41, 5.74) is 3.39. The smallest absolute Gasteiger partial charge is 0.141 e. The van der Waals surface area contributed by atoms with Gasteiger partial charge in [-0.3, -0.25) is 0 Å². The summed E-state index contributed by atoms with van der Waals surface area (Å²) in [7, 11) is 0. The van der Waals surface area contributed by atoms with Crippen LogP contribution in [0.15, 0.2) is 48.8 Å². The topological polar surface area (TPSA) is 37.8 Å². The van der Waals surface area contributed by atoms with Gasteiger partial charge in [0.05, 0.1) is 5.52 Å². The first-order valence-electron chi connectivity index (χ1n) is 7.52. The Kier molecular flexibility index (Phi) is 4.87. The van der Waals surface area contributed by atoms with Crippen LogP contribution >= 0.6 is 22.6 Å². The predicted molar refractivity (Wildman–Crippen MR) is 101 cm³/mol. The average molecular weight is 403 g/mol. The number of benzene rings is 2. The summed E-state index contributed by atoms with van der Waals surface area (Å²) in [6, 6.07) is 14.8. The molecule has 0 atom stereocenters. The van der Waals surface area contributed by atoms with E-state index in [1.165, 1.54) is 22.0 Å². The highest BCUT2D eigenvalue weighted by Gasteiger charge is 2.05. The molecule has 2 aromatic carbocycles. The Morgan fingerprint density at radius 3 is 2.64 bits per heavy atom. The fourth-order valence-corrected chi connectivity index (χ4v) is 2.89. The number of fused-ring (bicyclic) bond motifs is 1. The maximum absolute atomic E-state index is 4.39. The molecule has 0 spiro atoms. The Morgan fingerprint density at radius 2 is 1.86 bits per heavy atom. The molecule has 3 aromatic rings. The van der Waals surface area contributed by atoms with Gasteiger partial charge >= 0.3 is 0 Å². The number of aryl methyl sites for hydroxylation is 1. The van der Waals surface area contributed by atoms with E-state index < -0.39 is 0 Å². The number of nitrogens with one attached hydrogen (secondary N) is 1. The molecule has 0 amide bonds. The third-order valence-electron chi connectivity index (χ3n) is 3.63. The van der Waals surface area contributed by atoms with E-state index >= 15 is 0 Å². The number of hydrogen-bond acceptors (Lipinski definition) is 3. The zero-order chi connectivity index (χ0) is 15.4. The summed E-state index contributed by atoms with van der Waals surface area (Å²) in [5.74, 6) is 0.852. The second-order valence-corrected chi connectivity index (χ2v) is 6.55. The van der Waals surface area contributed by atoms with Crippen molar-refractivity contribution in [3.8, 4) is 0 Å². The first-order valence-corrected chi connectivity index (χ1v) is 8.60. The molecule has 0 saturated carbocycles. The highest BCUT2D eigenvalue weighted by Crippen LogP contribution is 2.24. The van der Waals surface area contributed by atoms with Crippen LogP contribution in [-0.2, 0) is 6.42 Å². The maximum Gasteiger partial charge on any atom is 0.141 e. The lowest BCUT2D eigenvalue weighted by Crippen LogP contribution is -1.96. The number of rotatable bonds is 5. The van der Waals surface area contributed by atoms with E-state index in [2.05, 4.69) is 81.2 Å². The molecule has 22 heavy (non-hydrogen) atoms. The SMILES string of the molecule is CCCCc1ccc(Nc2ncnc3ccc(I)cc23)cc1. The van der Waals surface area contributed by atoms with E-state index in [0.717, 1.165) is 28.8 Å². The molecule has 1 N–H and O–H groups in total. The van der Waals surface area contributed by atoms with Crippen LogP contribution in [0.2, 0.25) is 0 Å². The minimum absolute atomic E-state index is 0.852. The second kappa shape index (κ2) is 7.05. The number of aromatic nitrogens is 2. The lowest BCUT2D eigenvalue weighted by molar-refractivity contribution is 0.795. The largest absolute Gasteiger partial charge is 0.340 e. The number of hydrogen-bond donors (Lipinski definition) is 1. The molecule has 0 aliphatic carbocycles. The van der Waals surface area contributed by atoms with Gasteiger partial charge in [-0.25, -0.2) is 9.97 Å². The molecule has 3 rings (SSSR count). The highest BCUT2D eigenvalue weighted by atomic mass is 127. The molecule has 112 valence electrons. The van der Waals surface area contributed by atoms with Crippen molar-refractivity contribution in [1.82, 2.24) is 9.97 Å². The van der Waals surface area contributed by atoms with Crippen molar-refractivity contribution in [3.05, 3.63) is 57.9 Å². The molecule has 0 fully saturated rings. The molecule has 3 nitrogen and oxygen atoms in total. The summed E-state index contributed by atoms with van der Waals surface area (Å²) < 4.78 is 1.18. The minimum Gasteiger partial charge on any atom is -0.340 e. The van der Waals surface area contributed by atoms with Crippen LogP contribution in [0.25, 0.3) is 10.9 Å². The van der Waals surface area contributed by atoms with Crippen LogP contribution in [0.1, 0.15) is 25.3 Å². The van der Waals surface area contributed by atoms with Gasteiger partial charge in [-0.1, -0.05) is 25.5 Å². The summed E-state index contributed by atoms with van der Waals surface area (Å²) in [4.78, 5) is 8.71. The van der Waals surface area contributed by atoms with Crippen molar-refractivity contribution in [2.45, 2.75) is 26.2 Å². The number of anilines is 2. The van der Waals surface area contributed by atoms with E-state index in [1.54, 1.807) is 6.33 Å². The van der Waals surface area contributed by atoms with Gasteiger partial charge in [0.2, 0.25) is 0 Å². The normalized spacial score (nSPS) is 10.8. The Morgan fingerprint density at radius 1 is 1.05 bits per heavy atom. The molecule has 1 aromatic heterocycles. The van der Waals surface area contributed by atoms with Gasteiger partial charge in [0.1, 0.15) is 12.1 Å². The van der Waals surface area contributed by atoms with Crippen LogP contribution in [0.3, 0.4) is 0 Å². The van der Waals surface area contributed by atoms with Gasteiger partial charge in [0.25, 0.3) is 0 Å². The van der Waals surface area contributed by atoms with Crippen molar-refractivity contribution in [3.63, 3.8) is 0 Å². The van der Waals surface area contributed by atoms with Gasteiger partial charge in [0, 0.05) is 14.6 Å². The van der Waals surface area contributed by atoms with E-state index in [4.69, 9.17) is 0 Å². The van der Waals surface area contributed by atoms with E-state index in [1.807, 2.05) is 6.07 Å². The molecule has 0 unspecified atom stereocenters. The molecular weight excluding hydrogens is 385 g/mol. The monoisotopic (exact) mass is 403 g/mol. The Bertz CT molecular complexity index is 769. The summed E-state index contributed by atoms with van der Waals surface area (Å²) in [5, 5.41) is 4.45. The molecule has 0 radical (unpaired) electrons. The van der Waals surface area contributed by atoms with E-state index in [9.17, 15) is 0 Å². The Hall–Kier alpha value is -1.69. The maximum atomic E-state index is 4.39.